The Morgan fingerprint density at radius 2 is 2.05 bits per heavy atom. The third-order valence-electron chi connectivity index (χ3n) is 3.31. The molecule has 2 heterocycles. The quantitative estimate of drug-likeness (QED) is 0.790. The van der Waals surface area contributed by atoms with Crippen LogP contribution in [0.4, 0.5) is 0 Å². The van der Waals surface area contributed by atoms with Gasteiger partial charge in [-0.15, -0.1) is 0 Å². The average molecular weight is 268 g/mol. The van der Waals surface area contributed by atoms with Crippen molar-refractivity contribution in [3.8, 4) is 11.4 Å². The molecule has 0 spiro atoms. The Hall–Kier alpha value is -2.27. The van der Waals surface area contributed by atoms with Crippen LogP contribution in [0.25, 0.3) is 22.3 Å². The average Bonchev–Trinajstić information content (AvgIpc) is 2.95. The molecule has 0 aliphatic rings. The summed E-state index contributed by atoms with van der Waals surface area (Å²) in [6, 6.07) is 9.55. The number of fused-ring (bicyclic) bond motifs is 1. The van der Waals surface area contributed by atoms with Crippen LogP contribution in [0.2, 0.25) is 0 Å². The number of aromatic nitrogens is 3. The van der Waals surface area contributed by atoms with Gasteiger partial charge in [0.25, 0.3) is 0 Å². The number of nitrogens with two attached hydrogens (primary N) is 1. The lowest BCUT2D eigenvalue weighted by Crippen LogP contribution is -2.16. The molecule has 0 bridgehead atoms. The Labute approximate surface area is 116 Å². The first kappa shape index (κ1) is 12.7. The summed E-state index contributed by atoms with van der Waals surface area (Å²) in [5.41, 5.74) is 7.86. The molecular formula is C15H16N4O. The van der Waals surface area contributed by atoms with Gasteiger partial charge in [-0.1, -0.05) is 25.1 Å². The molecule has 1 aromatic carbocycles. The highest BCUT2D eigenvalue weighted by Crippen LogP contribution is 2.24. The van der Waals surface area contributed by atoms with Crippen LogP contribution in [0.1, 0.15) is 25.8 Å². The molecule has 0 saturated heterocycles. The van der Waals surface area contributed by atoms with Crippen LogP contribution < -0.4 is 5.73 Å². The van der Waals surface area contributed by atoms with Gasteiger partial charge >= 0.3 is 0 Å². The van der Waals surface area contributed by atoms with Gasteiger partial charge in [-0.3, -0.25) is 4.98 Å². The first-order valence-electron chi connectivity index (χ1n) is 6.59. The van der Waals surface area contributed by atoms with Crippen molar-refractivity contribution >= 4 is 10.9 Å². The van der Waals surface area contributed by atoms with Crippen molar-refractivity contribution in [1.29, 1.82) is 0 Å². The molecule has 3 aromatic rings. The molecule has 0 fully saturated rings. The number of nitrogens with zero attached hydrogens (tertiary/aromatic N) is 3. The van der Waals surface area contributed by atoms with Crippen molar-refractivity contribution in [3.63, 3.8) is 0 Å². The van der Waals surface area contributed by atoms with E-state index in [-0.39, 0.29) is 12.0 Å². The minimum Gasteiger partial charge on any atom is -0.337 e. The smallest absolute Gasteiger partial charge is 0.244 e. The lowest BCUT2D eigenvalue weighted by atomic mass is 10.1. The van der Waals surface area contributed by atoms with Gasteiger partial charge in [0.1, 0.15) is 0 Å². The van der Waals surface area contributed by atoms with Gasteiger partial charge in [0.15, 0.2) is 0 Å². The Bertz CT molecular complexity index is 735. The lowest BCUT2D eigenvalue weighted by molar-refractivity contribution is 0.325. The van der Waals surface area contributed by atoms with Crippen LogP contribution in [0.3, 0.4) is 0 Å². The largest absolute Gasteiger partial charge is 0.337 e. The summed E-state index contributed by atoms with van der Waals surface area (Å²) >= 11 is 0. The molecule has 0 aliphatic heterocycles. The van der Waals surface area contributed by atoms with E-state index in [1.165, 1.54) is 0 Å². The monoisotopic (exact) mass is 268 g/mol. The molecule has 0 aliphatic carbocycles. The molecular weight excluding hydrogens is 252 g/mol. The zero-order valence-corrected chi connectivity index (χ0v) is 11.4. The normalized spacial score (nSPS) is 13.0. The van der Waals surface area contributed by atoms with Crippen molar-refractivity contribution in [3.05, 3.63) is 42.4 Å². The van der Waals surface area contributed by atoms with E-state index >= 15 is 0 Å². The zero-order chi connectivity index (χ0) is 14.1. The number of rotatable bonds is 3. The molecule has 2 aromatic heterocycles. The van der Waals surface area contributed by atoms with E-state index in [1.54, 1.807) is 6.20 Å². The van der Waals surface area contributed by atoms with Gasteiger partial charge in [-0.05, 0) is 30.2 Å². The van der Waals surface area contributed by atoms with E-state index in [2.05, 4.69) is 15.1 Å². The summed E-state index contributed by atoms with van der Waals surface area (Å²) in [6.45, 7) is 4.05. The molecule has 3 rings (SSSR count). The summed E-state index contributed by atoms with van der Waals surface area (Å²) in [6.07, 6.45) is 1.77. The van der Waals surface area contributed by atoms with Crippen LogP contribution in [-0.4, -0.2) is 15.1 Å². The first-order chi connectivity index (χ1) is 9.65. The molecule has 1 atom stereocenters. The number of hydrogen-bond donors (Lipinski definition) is 1. The highest BCUT2D eigenvalue weighted by molar-refractivity contribution is 5.82. The minimum absolute atomic E-state index is 0.238. The molecule has 0 amide bonds. The SMILES string of the molecule is CC(C)[C@H](N)c1nc(-c2ccc3ncccc3c2)no1. The fourth-order valence-corrected chi connectivity index (χ4v) is 1.99. The van der Waals surface area contributed by atoms with Gasteiger partial charge in [0, 0.05) is 17.1 Å². The molecule has 0 saturated carbocycles. The second kappa shape index (κ2) is 5.02. The summed E-state index contributed by atoms with van der Waals surface area (Å²) in [4.78, 5) is 8.67. The standard InChI is InChI=1S/C15H16N4O/c1-9(2)13(16)15-18-14(19-20-15)11-5-6-12-10(8-11)4-3-7-17-12/h3-9,13H,16H2,1-2H3/t13-/m0/s1. The summed E-state index contributed by atoms with van der Waals surface area (Å²) in [5, 5.41) is 5.06. The Morgan fingerprint density at radius 3 is 2.85 bits per heavy atom. The fraction of sp³-hybridized carbons (Fsp3) is 0.267. The fourth-order valence-electron chi connectivity index (χ4n) is 1.99. The highest BCUT2D eigenvalue weighted by Gasteiger charge is 2.18. The first-order valence-corrected chi connectivity index (χ1v) is 6.59. The van der Waals surface area contributed by atoms with Crippen molar-refractivity contribution in [1.82, 2.24) is 15.1 Å². The Morgan fingerprint density at radius 1 is 1.20 bits per heavy atom. The van der Waals surface area contributed by atoms with E-state index < -0.39 is 0 Å². The van der Waals surface area contributed by atoms with Crippen molar-refractivity contribution in [2.24, 2.45) is 11.7 Å². The highest BCUT2D eigenvalue weighted by atomic mass is 16.5. The molecule has 0 radical (unpaired) electrons. The van der Waals surface area contributed by atoms with Crippen LogP contribution in [0, 0.1) is 5.92 Å². The summed E-state index contributed by atoms with van der Waals surface area (Å²) in [5.74, 6) is 1.28. The lowest BCUT2D eigenvalue weighted by Gasteiger charge is -2.09. The molecule has 5 nitrogen and oxygen atoms in total. The maximum Gasteiger partial charge on any atom is 0.244 e. The van der Waals surface area contributed by atoms with Gasteiger partial charge in [-0.2, -0.15) is 4.98 Å². The van der Waals surface area contributed by atoms with E-state index in [1.807, 2.05) is 44.2 Å². The molecule has 20 heavy (non-hydrogen) atoms. The van der Waals surface area contributed by atoms with Crippen LogP contribution in [0.5, 0.6) is 0 Å². The number of hydrogen-bond acceptors (Lipinski definition) is 5. The predicted molar refractivity (Wildman–Crippen MR) is 76.8 cm³/mol. The number of benzene rings is 1. The second-order valence-electron chi connectivity index (χ2n) is 5.14. The van der Waals surface area contributed by atoms with E-state index in [9.17, 15) is 0 Å². The topological polar surface area (TPSA) is 77.8 Å². The summed E-state index contributed by atoms with van der Waals surface area (Å²) in [7, 11) is 0. The van der Waals surface area contributed by atoms with Crippen LogP contribution in [-0.2, 0) is 0 Å². The maximum absolute atomic E-state index is 6.01. The van der Waals surface area contributed by atoms with Gasteiger partial charge in [0.2, 0.25) is 11.7 Å². The Kier molecular flexibility index (Phi) is 3.20. The molecule has 5 heteroatoms. The van der Waals surface area contributed by atoms with Gasteiger partial charge in [0.05, 0.1) is 11.6 Å². The van der Waals surface area contributed by atoms with E-state index in [0.717, 1.165) is 16.5 Å². The minimum atomic E-state index is -0.238. The van der Waals surface area contributed by atoms with E-state index in [0.29, 0.717) is 11.7 Å². The van der Waals surface area contributed by atoms with Crippen LogP contribution >= 0.6 is 0 Å². The second-order valence-corrected chi connectivity index (χ2v) is 5.14. The van der Waals surface area contributed by atoms with E-state index in [4.69, 9.17) is 10.3 Å². The number of pyridine rings is 1. The van der Waals surface area contributed by atoms with Gasteiger partial charge < -0.3 is 10.3 Å². The van der Waals surface area contributed by atoms with Crippen molar-refractivity contribution in [2.45, 2.75) is 19.9 Å². The summed E-state index contributed by atoms with van der Waals surface area (Å²) < 4.78 is 5.25. The maximum atomic E-state index is 6.01. The third-order valence-corrected chi connectivity index (χ3v) is 3.31. The van der Waals surface area contributed by atoms with Gasteiger partial charge in [-0.25, -0.2) is 0 Å². The molecule has 2 N–H and O–H groups in total. The third kappa shape index (κ3) is 2.28. The van der Waals surface area contributed by atoms with Crippen LogP contribution in [0.15, 0.2) is 41.1 Å². The predicted octanol–water partition coefficient (Wildman–Crippen LogP) is 2.94. The van der Waals surface area contributed by atoms with Crippen molar-refractivity contribution < 1.29 is 4.52 Å². The molecule has 102 valence electrons. The Balaban J connectivity index is 1.99. The molecule has 0 unspecified atom stereocenters. The van der Waals surface area contributed by atoms with Crippen molar-refractivity contribution in [2.75, 3.05) is 0 Å². The zero-order valence-electron chi connectivity index (χ0n) is 11.4.